The second kappa shape index (κ2) is 2.84. The van der Waals surface area contributed by atoms with Crippen LogP contribution < -0.4 is 0 Å². The second-order valence-electron chi connectivity index (χ2n) is 4.56. The first-order chi connectivity index (χ1) is 6.47. The maximum Gasteiger partial charge on any atom is 0.123 e. The number of H-pyrrole nitrogens is 1. The Bertz CT molecular complexity index is 463. The van der Waals surface area contributed by atoms with Gasteiger partial charge in [0, 0.05) is 28.1 Å². The Labute approximate surface area is 82.9 Å². The van der Waals surface area contributed by atoms with Gasteiger partial charge in [0.15, 0.2) is 0 Å². The van der Waals surface area contributed by atoms with Crippen molar-refractivity contribution < 1.29 is 4.39 Å². The topological polar surface area (TPSA) is 15.8 Å². The van der Waals surface area contributed by atoms with Crippen LogP contribution in [0.25, 0.3) is 10.9 Å². The molecule has 14 heavy (non-hydrogen) atoms. The number of fused-ring (bicyclic) bond motifs is 1. The molecule has 0 saturated heterocycles. The predicted molar refractivity (Wildman–Crippen MR) is 55.8 cm³/mol. The van der Waals surface area contributed by atoms with Crippen molar-refractivity contribution in [2.24, 2.45) is 0 Å². The van der Waals surface area contributed by atoms with E-state index < -0.39 is 0 Å². The Kier molecular flexibility index (Phi) is 1.88. The van der Waals surface area contributed by atoms with E-state index in [1.807, 2.05) is 0 Å². The molecule has 1 nitrogen and oxygen atoms in total. The molecule has 0 aliphatic heterocycles. The Morgan fingerprint density at radius 3 is 2.64 bits per heavy atom. The zero-order chi connectivity index (χ0) is 10.3. The molecule has 1 aromatic carbocycles. The predicted octanol–water partition coefficient (Wildman–Crippen LogP) is 3.40. The van der Waals surface area contributed by atoms with Crippen molar-refractivity contribution in [1.29, 1.82) is 0 Å². The average Bonchev–Trinajstić information content (AvgIpc) is 2.45. The molecule has 0 bridgehead atoms. The number of nitrogens with one attached hydrogen (secondary N) is 1. The van der Waals surface area contributed by atoms with Crippen molar-refractivity contribution in [3.63, 3.8) is 0 Å². The number of aromatic amines is 1. The summed E-state index contributed by atoms with van der Waals surface area (Å²) in [5, 5.41) is 0.815. The van der Waals surface area contributed by atoms with Crippen LogP contribution in [0.3, 0.4) is 0 Å². The highest BCUT2D eigenvalue weighted by Crippen LogP contribution is 2.25. The van der Waals surface area contributed by atoms with Crippen LogP contribution in [0.15, 0.2) is 18.2 Å². The third-order valence-electron chi connectivity index (χ3n) is 2.25. The van der Waals surface area contributed by atoms with Crippen molar-refractivity contribution in [3.05, 3.63) is 35.8 Å². The minimum atomic E-state index is -0.215. The summed E-state index contributed by atoms with van der Waals surface area (Å²) in [5.74, 6) is -0.215. The lowest BCUT2D eigenvalue weighted by Gasteiger charge is -2.15. The van der Waals surface area contributed by atoms with Crippen LogP contribution in [0.1, 0.15) is 26.5 Å². The van der Waals surface area contributed by atoms with Crippen molar-refractivity contribution in [3.8, 4) is 0 Å². The maximum atomic E-state index is 12.9. The van der Waals surface area contributed by atoms with Crippen molar-refractivity contribution in [1.82, 2.24) is 4.98 Å². The standard InChI is InChI=1S/C12H13FN/c1-12(2,3)11-7-8-6-9(13)4-5-10(8)14-11/h4-6,14H,1-3H3. The molecule has 0 aliphatic carbocycles. The summed E-state index contributed by atoms with van der Waals surface area (Å²) in [5.41, 5.74) is 1.98. The molecule has 1 N–H and O–H groups in total. The minimum Gasteiger partial charge on any atom is -0.357 e. The van der Waals surface area contributed by atoms with Gasteiger partial charge in [0.25, 0.3) is 0 Å². The quantitative estimate of drug-likeness (QED) is 0.655. The Balaban J connectivity index is 2.63. The van der Waals surface area contributed by atoms with Crippen molar-refractivity contribution >= 4 is 10.9 Å². The van der Waals surface area contributed by atoms with Gasteiger partial charge < -0.3 is 4.98 Å². The SMILES string of the molecule is CC(C)(C)c1[c]c2cc(F)ccc2[nH]1. The lowest BCUT2D eigenvalue weighted by Crippen LogP contribution is -2.11. The fourth-order valence-corrected chi connectivity index (χ4v) is 1.40. The van der Waals surface area contributed by atoms with Gasteiger partial charge in [-0.2, -0.15) is 0 Å². The number of hydrogen-bond acceptors (Lipinski definition) is 0. The van der Waals surface area contributed by atoms with Gasteiger partial charge in [-0.1, -0.05) is 20.8 Å². The smallest absolute Gasteiger partial charge is 0.123 e. The third-order valence-corrected chi connectivity index (χ3v) is 2.25. The van der Waals surface area contributed by atoms with E-state index in [2.05, 4.69) is 31.8 Å². The molecule has 1 aromatic heterocycles. The Hall–Kier alpha value is -1.31. The number of aromatic nitrogens is 1. The molecule has 0 unspecified atom stereocenters. The monoisotopic (exact) mass is 190 g/mol. The van der Waals surface area contributed by atoms with Gasteiger partial charge in [-0.05, 0) is 18.2 Å². The largest absolute Gasteiger partial charge is 0.357 e. The summed E-state index contributed by atoms with van der Waals surface area (Å²) in [6.07, 6.45) is 0. The third kappa shape index (κ3) is 1.52. The van der Waals surface area contributed by atoms with E-state index in [-0.39, 0.29) is 11.2 Å². The van der Waals surface area contributed by atoms with Crippen LogP contribution in [0.2, 0.25) is 0 Å². The fourth-order valence-electron chi connectivity index (χ4n) is 1.40. The van der Waals surface area contributed by atoms with Gasteiger partial charge in [0.1, 0.15) is 5.82 Å². The van der Waals surface area contributed by atoms with Gasteiger partial charge in [0.05, 0.1) is 0 Å². The van der Waals surface area contributed by atoms with E-state index in [1.165, 1.54) is 12.1 Å². The highest BCUT2D eigenvalue weighted by Gasteiger charge is 2.16. The van der Waals surface area contributed by atoms with E-state index in [0.717, 1.165) is 16.6 Å². The highest BCUT2D eigenvalue weighted by molar-refractivity contribution is 5.79. The molecular formula is C12H13FN. The first-order valence-electron chi connectivity index (χ1n) is 4.68. The van der Waals surface area contributed by atoms with Gasteiger partial charge in [-0.15, -0.1) is 0 Å². The molecule has 0 saturated carbocycles. The van der Waals surface area contributed by atoms with Crippen LogP contribution in [0.5, 0.6) is 0 Å². The first-order valence-corrected chi connectivity index (χ1v) is 4.68. The van der Waals surface area contributed by atoms with E-state index in [1.54, 1.807) is 6.07 Å². The molecule has 2 rings (SSSR count). The highest BCUT2D eigenvalue weighted by atomic mass is 19.1. The van der Waals surface area contributed by atoms with E-state index in [0.29, 0.717) is 0 Å². The molecule has 0 amide bonds. The molecule has 0 atom stereocenters. The fraction of sp³-hybridized carbons (Fsp3) is 0.333. The van der Waals surface area contributed by atoms with Gasteiger partial charge >= 0.3 is 0 Å². The summed E-state index contributed by atoms with van der Waals surface area (Å²) in [4.78, 5) is 3.24. The molecule has 0 aliphatic rings. The van der Waals surface area contributed by atoms with Gasteiger partial charge in [-0.25, -0.2) is 4.39 Å². The van der Waals surface area contributed by atoms with Crippen molar-refractivity contribution in [2.45, 2.75) is 26.2 Å². The van der Waals surface area contributed by atoms with Gasteiger partial charge in [0.2, 0.25) is 0 Å². The molecule has 73 valence electrons. The minimum absolute atomic E-state index is 0.0233. The van der Waals surface area contributed by atoms with Crippen LogP contribution >= 0.6 is 0 Å². The molecule has 2 heteroatoms. The zero-order valence-corrected chi connectivity index (χ0v) is 8.61. The van der Waals surface area contributed by atoms with Crippen LogP contribution in [0.4, 0.5) is 4.39 Å². The first kappa shape index (κ1) is 9.25. The molecule has 0 spiro atoms. The lowest BCUT2D eigenvalue weighted by molar-refractivity contribution is 0.573. The molecular weight excluding hydrogens is 177 g/mol. The van der Waals surface area contributed by atoms with Crippen LogP contribution in [-0.2, 0) is 5.41 Å². The van der Waals surface area contributed by atoms with E-state index in [4.69, 9.17) is 0 Å². The number of rotatable bonds is 0. The Morgan fingerprint density at radius 2 is 2.00 bits per heavy atom. The molecule has 1 heterocycles. The number of hydrogen-bond donors (Lipinski definition) is 1. The van der Waals surface area contributed by atoms with Crippen molar-refractivity contribution in [2.75, 3.05) is 0 Å². The molecule has 2 aromatic rings. The van der Waals surface area contributed by atoms with Crippen LogP contribution in [-0.4, -0.2) is 4.98 Å². The lowest BCUT2D eigenvalue weighted by atomic mass is 9.92. The van der Waals surface area contributed by atoms with Gasteiger partial charge in [-0.3, -0.25) is 0 Å². The summed E-state index contributed by atoms with van der Waals surface area (Å²) < 4.78 is 12.9. The summed E-state index contributed by atoms with van der Waals surface area (Å²) in [6.45, 7) is 6.31. The average molecular weight is 190 g/mol. The van der Waals surface area contributed by atoms with Crippen LogP contribution in [0, 0.1) is 11.9 Å². The summed E-state index contributed by atoms with van der Waals surface area (Å²) in [7, 11) is 0. The second-order valence-corrected chi connectivity index (χ2v) is 4.56. The maximum absolute atomic E-state index is 12.9. The normalized spacial score (nSPS) is 12.3. The summed E-state index contributed by atoms with van der Waals surface area (Å²) >= 11 is 0. The Morgan fingerprint density at radius 1 is 1.29 bits per heavy atom. The van der Waals surface area contributed by atoms with E-state index >= 15 is 0 Å². The summed E-state index contributed by atoms with van der Waals surface area (Å²) in [6, 6.07) is 7.89. The zero-order valence-electron chi connectivity index (χ0n) is 8.61. The number of halogens is 1. The molecule has 0 fully saturated rings. The van der Waals surface area contributed by atoms with E-state index in [9.17, 15) is 4.39 Å². The molecule has 1 radical (unpaired) electrons. The number of benzene rings is 1.